The maximum Gasteiger partial charge on any atom is 0.344 e. The van der Waals surface area contributed by atoms with E-state index in [0.29, 0.717) is 5.56 Å². The predicted molar refractivity (Wildman–Crippen MR) is 59.8 cm³/mol. The zero-order valence-electron chi connectivity index (χ0n) is 8.33. The highest BCUT2D eigenvalue weighted by Gasteiger charge is 2.16. The molecule has 1 N–H and O–H groups in total. The number of aliphatic carboxylic acids is 1. The first-order valence-electron chi connectivity index (χ1n) is 4.30. The average molecular weight is 287 g/mol. The van der Waals surface area contributed by atoms with Gasteiger partial charge in [-0.2, -0.15) is 0 Å². The number of ether oxygens (including phenoxy) is 1. The minimum atomic E-state index is -1.15. The fraction of sp³-hybridized carbons (Fsp3) is 0.182. The zero-order valence-corrected chi connectivity index (χ0v) is 9.92. The van der Waals surface area contributed by atoms with E-state index in [0.717, 1.165) is 6.07 Å². The summed E-state index contributed by atoms with van der Waals surface area (Å²) in [7, 11) is 0. The molecule has 1 atom stereocenters. The molecule has 0 aliphatic rings. The van der Waals surface area contributed by atoms with Crippen LogP contribution in [0.4, 0.5) is 4.39 Å². The molecule has 1 aromatic rings. The molecule has 0 saturated carbocycles. The summed E-state index contributed by atoms with van der Waals surface area (Å²) in [5.74, 6) is 0.623. The first kappa shape index (κ1) is 12.5. The Morgan fingerprint density at radius 1 is 1.69 bits per heavy atom. The first-order valence-corrected chi connectivity index (χ1v) is 5.10. The fourth-order valence-corrected chi connectivity index (χ4v) is 1.32. The summed E-state index contributed by atoms with van der Waals surface area (Å²) < 4.78 is 18.4. The Balaban J connectivity index is 3.09. The highest BCUT2D eigenvalue weighted by molar-refractivity contribution is 9.10. The van der Waals surface area contributed by atoms with Crippen LogP contribution in [-0.2, 0) is 4.79 Å². The number of carbonyl (C=O) groups is 1. The molecule has 0 aliphatic carbocycles. The van der Waals surface area contributed by atoms with E-state index in [9.17, 15) is 9.18 Å². The normalized spacial score (nSPS) is 11.6. The molecule has 0 heterocycles. The second kappa shape index (κ2) is 4.99. The summed E-state index contributed by atoms with van der Waals surface area (Å²) in [6.07, 6.45) is 4.11. The molecule has 84 valence electrons. The topological polar surface area (TPSA) is 46.5 Å². The summed E-state index contributed by atoms with van der Waals surface area (Å²) in [5.41, 5.74) is 0.293. The third-order valence-corrected chi connectivity index (χ3v) is 2.44. The van der Waals surface area contributed by atoms with Crippen molar-refractivity contribution in [1.82, 2.24) is 0 Å². The molecule has 0 aliphatic heterocycles. The van der Waals surface area contributed by atoms with Crippen LogP contribution in [0.3, 0.4) is 0 Å². The standard InChI is InChI=1S/C11H8BrFO3/c1-3-7-4-8(12)9(13)5-10(7)16-6(2)11(14)15/h1,4-6H,2H3,(H,14,15)/t6-/m0/s1. The van der Waals surface area contributed by atoms with E-state index in [4.69, 9.17) is 16.3 Å². The van der Waals surface area contributed by atoms with Gasteiger partial charge in [0, 0.05) is 6.07 Å². The molecule has 16 heavy (non-hydrogen) atoms. The lowest BCUT2D eigenvalue weighted by Gasteiger charge is -2.12. The van der Waals surface area contributed by atoms with Gasteiger partial charge < -0.3 is 9.84 Å². The van der Waals surface area contributed by atoms with Gasteiger partial charge in [-0.1, -0.05) is 5.92 Å². The Hall–Kier alpha value is -1.54. The van der Waals surface area contributed by atoms with Gasteiger partial charge in [0.1, 0.15) is 11.6 Å². The van der Waals surface area contributed by atoms with Crippen molar-refractivity contribution in [3.8, 4) is 18.1 Å². The van der Waals surface area contributed by atoms with E-state index in [1.54, 1.807) is 0 Å². The van der Waals surface area contributed by atoms with Crippen LogP contribution in [-0.4, -0.2) is 17.2 Å². The molecule has 0 unspecified atom stereocenters. The largest absolute Gasteiger partial charge is 0.479 e. The smallest absolute Gasteiger partial charge is 0.344 e. The second-order valence-electron chi connectivity index (χ2n) is 3.01. The molecule has 0 radical (unpaired) electrons. The van der Waals surface area contributed by atoms with E-state index >= 15 is 0 Å². The van der Waals surface area contributed by atoms with E-state index in [1.807, 2.05) is 0 Å². The number of carboxylic acids is 1. The summed E-state index contributed by atoms with van der Waals surface area (Å²) in [4.78, 5) is 10.6. The van der Waals surface area contributed by atoms with Gasteiger partial charge in [-0.15, -0.1) is 6.42 Å². The maximum atomic E-state index is 13.2. The summed E-state index contributed by atoms with van der Waals surface area (Å²) in [6, 6.07) is 2.41. The number of terminal acetylenes is 1. The third-order valence-electron chi connectivity index (χ3n) is 1.83. The molecule has 0 fully saturated rings. The molecule has 1 aromatic carbocycles. The Labute approximate surface area is 100 Å². The monoisotopic (exact) mass is 286 g/mol. The zero-order chi connectivity index (χ0) is 12.3. The van der Waals surface area contributed by atoms with Crippen molar-refractivity contribution < 1.29 is 19.0 Å². The minimum Gasteiger partial charge on any atom is -0.479 e. The molecule has 0 bridgehead atoms. The molecule has 1 rings (SSSR count). The molecular weight excluding hydrogens is 279 g/mol. The lowest BCUT2D eigenvalue weighted by atomic mass is 10.2. The van der Waals surface area contributed by atoms with Crippen LogP contribution in [0.1, 0.15) is 12.5 Å². The van der Waals surface area contributed by atoms with Gasteiger partial charge in [0.25, 0.3) is 0 Å². The highest BCUT2D eigenvalue weighted by Crippen LogP contribution is 2.26. The first-order chi connectivity index (χ1) is 7.45. The molecule has 5 heteroatoms. The Morgan fingerprint density at radius 3 is 2.81 bits per heavy atom. The fourth-order valence-electron chi connectivity index (χ4n) is 0.980. The van der Waals surface area contributed by atoms with Crippen LogP contribution in [0.2, 0.25) is 0 Å². The van der Waals surface area contributed by atoms with Crippen LogP contribution in [0.5, 0.6) is 5.75 Å². The molecule has 3 nitrogen and oxygen atoms in total. The quantitative estimate of drug-likeness (QED) is 0.868. The summed E-state index contributed by atoms with van der Waals surface area (Å²) in [5, 5.41) is 8.65. The van der Waals surface area contributed by atoms with Gasteiger partial charge in [-0.05, 0) is 28.9 Å². The number of hydrogen-bond donors (Lipinski definition) is 1. The molecule has 0 aromatic heterocycles. The van der Waals surface area contributed by atoms with Crippen molar-refractivity contribution in [2.75, 3.05) is 0 Å². The molecule has 0 amide bonds. The minimum absolute atomic E-state index is 0.0399. The van der Waals surface area contributed by atoms with E-state index < -0.39 is 17.9 Å². The summed E-state index contributed by atoms with van der Waals surface area (Å²) >= 11 is 2.97. The number of carboxylic acid groups (broad SMARTS) is 1. The van der Waals surface area contributed by atoms with E-state index in [2.05, 4.69) is 21.9 Å². The van der Waals surface area contributed by atoms with E-state index in [-0.39, 0.29) is 10.2 Å². The molecular formula is C11H8BrFO3. The second-order valence-corrected chi connectivity index (χ2v) is 3.86. The van der Waals surface area contributed by atoms with Crippen molar-refractivity contribution in [3.63, 3.8) is 0 Å². The van der Waals surface area contributed by atoms with Crippen molar-refractivity contribution in [3.05, 3.63) is 28.0 Å². The Morgan fingerprint density at radius 2 is 2.31 bits per heavy atom. The lowest BCUT2D eigenvalue weighted by Crippen LogP contribution is -2.23. The molecule has 0 saturated heterocycles. The van der Waals surface area contributed by atoms with Gasteiger partial charge in [0.05, 0.1) is 10.0 Å². The SMILES string of the molecule is C#Cc1cc(Br)c(F)cc1O[C@@H](C)C(=O)O. The number of benzene rings is 1. The molecule has 0 spiro atoms. The van der Waals surface area contributed by atoms with Crippen LogP contribution >= 0.6 is 15.9 Å². The predicted octanol–water partition coefficient (Wildman–Crippen LogP) is 2.42. The lowest BCUT2D eigenvalue weighted by molar-refractivity contribution is -0.144. The summed E-state index contributed by atoms with van der Waals surface area (Å²) in [6.45, 7) is 1.34. The van der Waals surface area contributed by atoms with Gasteiger partial charge in [-0.25, -0.2) is 9.18 Å². The van der Waals surface area contributed by atoms with Gasteiger partial charge in [0.15, 0.2) is 6.10 Å². The van der Waals surface area contributed by atoms with Crippen molar-refractivity contribution in [1.29, 1.82) is 0 Å². The maximum absolute atomic E-state index is 13.2. The Bertz CT molecular complexity index is 465. The third kappa shape index (κ3) is 2.74. The Kier molecular flexibility index (Phi) is 3.91. The van der Waals surface area contributed by atoms with Gasteiger partial charge >= 0.3 is 5.97 Å². The van der Waals surface area contributed by atoms with Crippen LogP contribution < -0.4 is 4.74 Å². The van der Waals surface area contributed by atoms with Crippen molar-refractivity contribution >= 4 is 21.9 Å². The van der Waals surface area contributed by atoms with Crippen molar-refractivity contribution in [2.24, 2.45) is 0 Å². The van der Waals surface area contributed by atoms with Gasteiger partial charge in [-0.3, -0.25) is 0 Å². The van der Waals surface area contributed by atoms with Crippen molar-refractivity contribution in [2.45, 2.75) is 13.0 Å². The average Bonchev–Trinajstić information content (AvgIpc) is 2.22. The number of halogens is 2. The van der Waals surface area contributed by atoms with Crippen LogP contribution in [0.25, 0.3) is 0 Å². The van der Waals surface area contributed by atoms with E-state index in [1.165, 1.54) is 13.0 Å². The number of rotatable bonds is 3. The van der Waals surface area contributed by atoms with Crippen LogP contribution in [0, 0.1) is 18.2 Å². The van der Waals surface area contributed by atoms with Gasteiger partial charge in [0.2, 0.25) is 0 Å². The highest BCUT2D eigenvalue weighted by atomic mass is 79.9. The number of hydrogen-bond acceptors (Lipinski definition) is 2. The van der Waals surface area contributed by atoms with Crippen LogP contribution in [0.15, 0.2) is 16.6 Å².